The molecule has 0 saturated carbocycles. The minimum Gasteiger partial charge on any atom is -0.349 e. The van der Waals surface area contributed by atoms with Crippen molar-refractivity contribution in [2.75, 3.05) is 0 Å². The summed E-state index contributed by atoms with van der Waals surface area (Å²) in [5.41, 5.74) is 1.38. The summed E-state index contributed by atoms with van der Waals surface area (Å²) in [6.45, 7) is 6.11. The van der Waals surface area contributed by atoms with E-state index in [2.05, 4.69) is 15.5 Å². The standard InChI is InChI=1S/C22H24FN5O3S/c1-22(2,3)12-20(29)24-13-19-25-26-21(32-14-15-4-6-16(23)7-5-15)27(19)17-8-10-18(11-9-17)28(30)31/h4-11H,12-14H2,1-3H3,(H,24,29). The molecule has 32 heavy (non-hydrogen) atoms. The Morgan fingerprint density at radius 3 is 2.38 bits per heavy atom. The van der Waals surface area contributed by atoms with Crippen LogP contribution in [0, 0.1) is 21.3 Å². The van der Waals surface area contributed by atoms with Crippen LogP contribution in [0.2, 0.25) is 0 Å². The van der Waals surface area contributed by atoms with Crippen LogP contribution >= 0.6 is 11.8 Å². The van der Waals surface area contributed by atoms with Crippen molar-refractivity contribution in [2.45, 2.75) is 44.6 Å². The molecule has 0 radical (unpaired) electrons. The smallest absolute Gasteiger partial charge is 0.269 e. The second-order valence-electron chi connectivity index (χ2n) is 8.44. The maximum atomic E-state index is 13.2. The van der Waals surface area contributed by atoms with Crippen LogP contribution in [-0.2, 0) is 17.1 Å². The average molecular weight is 458 g/mol. The number of nitrogens with zero attached hydrogens (tertiary/aromatic N) is 4. The van der Waals surface area contributed by atoms with Gasteiger partial charge in [-0.15, -0.1) is 10.2 Å². The Bertz CT molecular complexity index is 1090. The number of aromatic nitrogens is 3. The van der Waals surface area contributed by atoms with Gasteiger partial charge < -0.3 is 5.32 Å². The van der Waals surface area contributed by atoms with E-state index in [-0.39, 0.29) is 29.4 Å². The molecule has 10 heteroatoms. The number of carbonyl (C=O) groups excluding carboxylic acids is 1. The summed E-state index contributed by atoms with van der Waals surface area (Å²) in [6.07, 6.45) is 0.366. The number of hydrogen-bond donors (Lipinski definition) is 1. The zero-order valence-electron chi connectivity index (χ0n) is 18.0. The molecular formula is C22H24FN5O3S. The number of carbonyl (C=O) groups is 1. The molecule has 0 spiro atoms. The van der Waals surface area contributed by atoms with Crippen molar-refractivity contribution in [3.05, 3.63) is 75.9 Å². The molecule has 8 nitrogen and oxygen atoms in total. The topological polar surface area (TPSA) is 103 Å². The monoisotopic (exact) mass is 457 g/mol. The van der Waals surface area contributed by atoms with E-state index in [0.29, 0.717) is 28.8 Å². The van der Waals surface area contributed by atoms with Crippen molar-refractivity contribution < 1.29 is 14.1 Å². The van der Waals surface area contributed by atoms with Gasteiger partial charge >= 0.3 is 0 Å². The molecule has 0 aliphatic heterocycles. The average Bonchev–Trinajstić information content (AvgIpc) is 3.13. The van der Waals surface area contributed by atoms with Gasteiger partial charge in [-0.2, -0.15) is 0 Å². The quantitative estimate of drug-likeness (QED) is 0.300. The predicted molar refractivity (Wildman–Crippen MR) is 120 cm³/mol. The number of benzene rings is 2. The van der Waals surface area contributed by atoms with Gasteiger partial charge in [0.2, 0.25) is 5.91 Å². The minimum absolute atomic E-state index is 0.0256. The lowest BCUT2D eigenvalue weighted by Gasteiger charge is -2.17. The number of nitrogens with one attached hydrogen (secondary N) is 1. The molecule has 168 valence electrons. The van der Waals surface area contributed by atoms with Gasteiger partial charge in [0.15, 0.2) is 11.0 Å². The lowest BCUT2D eigenvalue weighted by molar-refractivity contribution is -0.384. The highest BCUT2D eigenvalue weighted by molar-refractivity contribution is 7.98. The highest BCUT2D eigenvalue weighted by Crippen LogP contribution is 2.27. The van der Waals surface area contributed by atoms with Gasteiger partial charge in [0.05, 0.1) is 11.5 Å². The Balaban J connectivity index is 1.84. The second kappa shape index (κ2) is 9.90. The van der Waals surface area contributed by atoms with Crippen LogP contribution in [0.25, 0.3) is 5.69 Å². The fourth-order valence-corrected chi connectivity index (χ4v) is 3.87. The summed E-state index contributed by atoms with van der Waals surface area (Å²) in [5, 5.41) is 22.9. The third-order valence-corrected chi connectivity index (χ3v) is 5.43. The van der Waals surface area contributed by atoms with Gasteiger partial charge in [-0.3, -0.25) is 19.5 Å². The van der Waals surface area contributed by atoms with Crippen LogP contribution in [0.3, 0.4) is 0 Å². The Labute approximate surface area is 189 Å². The van der Waals surface area contributed by atoms with Crippen molar-refractivity contribution in [3.8, 4) is 5.69 Å². The van der Waals surface area contributed by atoms with Gasteiger partial charge in [0, 0.05) is 30.0 Å². The summed E-state index contributed by atoms with van der Waals surface area (Å²) in [7, 11) is 0. The number of nitro groups is 1. The van der Waals surface area contributed by atoms with Crippen molar-refractivity contribution in [3.63, 3.8) is 0 Å². The fourth-order valence-electron chi connectivity index (χ4n) is 2.94. The summed E-state index contributed by atoms with van der Waals surface area (Å²) in [5.74, 6) is 0.627. The van der Waals surface area contributed by atoms with Gasteiger partial charge in [-0.05, 0) is 35.2 Å². The number of halogens is 1. The number of thioether (sulfide) groups is 1. The van der Waals surface area contributed by atoms with Crippen LogP contribution < -0.4 is 5.32 Å². The van der Waals surface area contributed by atoms with Crippen LogP contribution in [0.15, 0.2) is 53.7 Å². The van der Waals surface area contributed by atoms with E-state index >= 15 is 0 Å². The summed E-state index contributed by atoms with van der Waals surface area (Å²) in [4.78, 5) is 22.8. The SMILES string of the molecule is CC(C)(C)CC(=O)NCc1nnc(SCc2ccc(F)cc2)n1-c1ccc([N+](=O)[O-])cc1. The first kappa shape index (κ1) is 23.4. The molecule has 0 aliphatic carbocycles. The van der Waals surface area contributed by atoms with E-state index in [9.17, 15) is 19.3 Å². The predicted octanol–water partition coefficient (Wildman–Crippen LogP) is 4.66. The normalized spacial score (nSPS) is 11.4. The van der Waals surface area contributed by atoms with E-state index in [1.54, 1.807) is 28.8 Å². The molecule has 1 heterocycles. The Hall–Kier alpha value is -3.27. The maximum absolute atomic E-state index is 13.2. The van der Waals surface area contributed by atoms with Crippen molar-refractivity contribution in [1.29, 1.82) is 0 Å². The first-order chi connectivity index (χ1) is 15.1. The molecule has 0 saturated heterocycles. The second-order valence-corrected chi connectivity index (χ2v) is 9.38. The molecular weight excluding hydrogens is 433 g/mol. The number of nitro benzene ring substituents is 1. The molecule has 1 N–H and O–H groups in total. The van der Waals surface area contributed by atoms with Gasteiger partial charge in [-0.25, -0.2) is 4.39 Å². The lowest BCUT2D eigenvalue weighted by Crippen LogP contribution is -2.28. The molecule has 3 aromatic rings. The number of non-ortho nitro benzene ring substituents is 1. The molecule has 1 aromatic heterocycles. The molecule has 3 rings (SSSR count). The largest absolute Gasteiger partial charge is 0.349 e. The highest BCUT2D eigenvalue weighted by Gasteiger charge is 2.19. The maximum Gasteiger partial charge on any atom is 0.269 e. The van der Waals surface area contributed by atoms with Gasteiger partial charge in [0.25, 0.3) is 5.69 Å². The third kappa shape index (κ3) is 6.36. The number of rotatable bonds is 8. The molecule has 0 bridgehead atoms. The van der Waals surface area contributed by atoms with E-state index < -0.39 is 4.92 Å². The number of hydrogen-bond acceptors (Lipinski definition) is 6. The Kier molecular flexibility index (Phi) is 7.24. The molecule has 0 fully saturated rings. The summed E-state index contributed by atoms with van der Waals surface area (Å²) in [6, 6.07) is 12.2. The van der Waals surface area contributed by atoms with Crippen LogP contribution in [0.1, 0.15) is 38.6 Å². The van der Waals surface area contributed by atoms with Crippen molar-refractivity contribution in [2.24, 2.45) is 5.41 Å². The molecule has 0 atom stereocenters. The fraction of sp³-hybridized carbons (Fsp3) is 0.318. The molecule has 0 aliphatic rings. The minimum atomic E-state index is -0.465. The summed E-state index contributed by atoms with van der Waals surface area (Å²) < 4.78 is 14.9. The first-order valence-electron chi connectivity index (χ1n) is 9.95. The van der Waals surface area contributed by atoms with E-state index in [1.165, 1.54) is 36.0 Å². The van der Waals surface area contributed by atoms with Crippen molar-refractivity contribution in [1.82, 2.24) is 20.1 Å². The Morgan fingerprint density at radius 1 is 1.12 bits per heavy atom. The highest BCUT2D eigenvalue weighted by atomic mass is 32.2. The van der Waals surface area contributed by atoms with Crippen LogP contribution in [-0.4, -0.2) is 25.6 Å². The van der Waals surface area contributed by atoms with E-state index in [1.807, 2.05) is 20.8 Å². The van der Waals surface area contributed by atoms with E-state index in [0.717, 1.165) is 5.56 Å². The van der Waals surface area contributed by atoms with Crippen LogP contribution in [0.4, 0.5) is 10.1 Å². The summed E-state index contributed by atoms with van der Waals surface area (Å²) >= 11 is 1.40. The lowest BCUT2D eigenvalue weighted by atomic mass is 9.92. The molecule has 1 amide bonds. The van der Waals surface area contributed by atoms with E-state index in [4.69, 9.17) is 0 Å². The zero-order valence-corrected chi connectivity index (χ0v) is 18.9. The van der Waals surface area contributed by atoms with Crippen LogP contribution in [0.5, 0.6) is 0 Å². The zero-order chi connectivity index (χ0) is 23.3. The van der Waals surface area contributed by atoms with Gasteiger partial charge in [-0.1, -0.05) is 44.7 Å². The first-order valence-corrected chi connectivity index (χ1v) is 10.9. The third-order valence-electron chi connectivity index (χ3n) is 4.43. The number of amides is 1. The molecule has 2 aromatic carbocycles. The van der Waals surface area contributed by atoms with Gasteiger partial charge in [0.1, 0.15) is 5.82 Å². The molecule has 0 unspecified atom stereocenters. The van der Waals surface area contributed by atoms with Crippen molar-refractivity contribution >= 4 is 23.4 Å². The Morgan fingerprint density at radius 2 is 1.78 bits per heavy atom.